The van der Waals surface area contributed by atoms with Gasteiger partial charge in [-0.3, -0.25) is 4.79 Å². The van der Waals surface area contributed by atoms with E-state index in [4.69, 9.17) is 4.74 Å². The van der Waals surface area contributed by atoms with Gasteiger partial charge >= 0.3 is 0 Å². The third-order valence-corrected chi connectivity index (χ3v) is 4.61. The van der Waals surface area contributed by atoms with Gasteiger partial charge in [0.05, 0.1) is 13.5 Å². The van der Waals surface area contributed by atoms with Crippen molar-refractivity contribution in [1.29, 1.82) is 0 Å². The van der Waals surface area contributed by atoms with Gasteiger partial charge < -0.3 is 15.2 Å². The molecule has 0 atom stereocenters. The highest BCUT2D eigenvalue weighted by Gasteiger charge is 2.21. The number of aromatic hydroxyl groups is 1. The Morgan fingerprint density at radius 1 is 1.28 bits per heavy atom. The SMILES string of the molecule is COc1cc(CC(=O)NC2CCC(C=CC(C)(C)C)CC2)ccc1O. The van der Waals surface area contributed by atoms with E-state index in [1.54, 1.807) is 18.2 Å². The van der Waals surface area contributed by atoms with Gasteiger partial charge in [-0.1, -0.05) is 39.0 Å². The minimum atomic E-state index is 0.0291. The Bertz CT molecular complexity index is 608. The lowest BCUT2D eigenvalue weighted by atomic mass is 9.84. The van der Waals surface area contributed by atoms with E-state index >= 15 is 0 Å². The van der Waals surface area contributed by atoms with Crippen molar-refractivity contribution in [3.63, 3.8) is 0 Å². The van der Waals surface area contributed by atoms with Gasteiger partial charge in [-0.15, -0.1) is 0 Å². The van der Waals surface area contributed by atoms with Gasteiger partial charge in [-0.05, 0) is 54.7 Å². The number of phenols is 1. The molecule has 1 aliphatic rings. The van der Waals surface area contributed by atoms with Crippen LogP contribution in [0.3, 0.4) is 0 Å². The molecule has 4 heteroatoms. The summed E-state index contributed by atoms with van der Waals surface area (Å²) in [5.74, 6) is 1.15. The maximum Gasteiger partial charge on any atom is 0.224 e. The zero-order valence-corrected chi connectivity index (χ0v) is 15.8. The number of carbonyl (C=O) groups is 1. The van der Waals surface area contributed by atoms with E-state index in [-0.39, 0.29) is 23.1 Å². The number of hydrogen-bond donors (Lipinski definition) is 2. The molecule has 1 aliphatic carbocycles. The zero-order chi connectivity index (χ0) is 18.4. The zero-order valence-electron chi connectivity index (χ0n) is 15.8. The summed E-state index contributed by atoms with van der Waals surface area (Å²) >= 11 is 0. The van der Waals surface area contributed by atoms with E-state index in [1.807, 2.05) is 0 Å². The molecule has 1 fully saturated rings. The van der Waals surface area contributed by atoms with Crippen LogP contribution in [-0.2, 0) is 11.2 Å². The first-order valence-electron chi connectivity index (χ1n) is 9.11. The van der Waals surface area contributed by atoms with Gasteiger partial charge in [0.1, 0.15) is 0 Å². The Kier molecular flexibility index (Phi) is 6.51. The van der Waals surface area contributed by atoms with Crippen molar-refractivity contribution in [2.24, 2.45) is 11.3 Å². The van der Waals surface area contributed by atoms with E-state index in [0.29, 0.717) is 18.1 Å². The maximum atomic E-state index is 12.3. The summed E-state index contributed by atoms with van der Waals surface area (Å²) in [7, 11) is 1.51. The molecular weight excluding hydrogens is 314 g/mol. The van der Waals surface area contributed by atoms with Crippen molar-refractivity contribution in [2.75, 3.05) is 7.11 Å². The highest BCUT2D eigenvalue weighted by Crippen LogP contribution is 2.28. The third-order valence-electron chi connectivity index (χ3n) is 4.61. The van der Waals surface area contributed by atoms with Crippen LogP contribution in [0.15, 0.2) is 30.4 Å². The van der Waals surface area contributed by atoms with E-state index in [2.05, 4.69) is 38.2 Å². The second kappa shape index (κ2) is 8.41. The van der Waals surface area contributed by atoms with Gasteiger partial charge in [-0.2, -0.15) is 0 Å². The molecule has 138 valence electrons. The highest BCUT2D eigenvalue weighted by molar-refractivity contribution is 5.79. The van der Waals surface area contributed by atoms with Crippen LogP contribution in [0.1, 0.15) is 52.0 Å². The second-order valence-corrected chi connectivity index (χ2v) is 8.09. The number of benzene rings is 1. The quantitative estimate of drug-likeness (QED) is 0.786. The van der Waals surface area contributed by atoms with Crippen molar-refractivity contribution in [3.8, 4) is 11.5 Å². The molecule has 1 aromatic rings. The summed E-state index contributed by atoms with van der Waals surface area (Å²) in [5.41, 5.74) is 1.07. The van der Waals surface area contributed by atoms with Crippen LogP contribution in [0.25, 0.3) is 0 Å². The molecule has 0 spiro atoms. The Morgan fingerprint density at radius 3 is 2.56 bits per heavy atom. The van der Waals surface area contributed by atoms with Crippen LogP contribution < -0.4 is 10.1 Å². The Labute approximate surface area is 151 Å². The number of nitrogens with one attached hydrogen (secondary N) is 1. The standard InChI is InChI=1S/C21H31NO3/c1-21(2,3)12-11-15-5-8-17(9-6-15)22-20(24)14-16-7-10-18(23)19(13-16)25-4/h7,10-13,15,17,23H,5-6,8-9,14H2,1-4H3,(H,22,24). The predicted octanol–water partition coefficient (Wildman–Crippen LogP) is 4.22. The average Bonchev–Trinajstić information content (AvgIpc) is 2.55. The lowest BCUT2D eigenvalue weighted by molar-refractivity contribution is -0.121. The fraction of sp³-hybridized carbons (Fsp3) is 0.571. The number of hydrogen-bond acceptors (Lipinski definition) is 3. The van der Waals surface area contributed by atoms with Crippen LogP contribution in [0, 0.1) is 11.3 Å². The Hall–Kier alpha value is -1.97. The molecule has 1 amide bonds. The van der Waals surface area contributed by atoms with Gasteiger partial charge in [-0.25, -0.2) is 0 Å². The van der Waals surface area contributed by atoms with E-state index in [0.717, 1.165) is 31.2 Å². The average molecular weight is 345 g/mol. The number of amides is 1. The van der Waals surface area contributed by atoms with Crippen LogP contribution in [0.4, 0.5) is 0 Å². The van der Waals surface area contributed by atoms with Gasteiger partial charge in [0.15, 0.2) is 11.5 Å². The topological polar surface area (TPSA) is 58.6 Å². The number of ether oxygens (including phenoxy) is 1. The number of allylic oxidation sites excluding steroid dienone is 2. The van der Waals surface area contributed by atoms with Crippen molar-refractivity contribution in [3.05, 3.63) is 35.9 Å². The molecule has 2 N–H and O–H groups in total. The summed E-state index contributed by atoms with van der Waals surface area (Å²) in [4.78, 5) is 12.3. The van der Waals surface area contributed by atoms with Crippen molar-refractivity contribution in [1.82, 2.24) is 5.32 Å². The minimum Gasteiger partial charge on any atom is -0.504 e. The lowest BCUT2D eigenvalue weighted by Crippen LogP contribution is -2.38. The number of rotatable bonds is 5. The molecule has 0 unspecified atom stereocenters. The largest absolute Gasteiger partial charge is 0.504 e. The summed E-state index contributed by atoms with van der Waals surface area (Å²) < 4.78 is 5.09. The normalized spacial score (nSPS) is 21.3. The van der Waals surface area contributed by atoms with Crippen molar-refractivity contribution < 1.29 is 14.6 Å². The molecular formula is C21H31NO3. The predicted molar refractivity (Wildman–Crippen MR) is 101 cm³/mol. The molecule has 0 heterocycles. The van der Waals surface area contributed by atoms with Crippen LogP contribution >= 0.6 is 0 Å². The summed E-state index contributed by atoms with van der Waals surface area (Å²) in [5, 5.41) is 12.8. The van der Waals surface area contributed by atoms with Crippen LogP contribution in [0.5, 0.6) is 11.5 Å². The third kappa shape index (κ3) is 6.45. The molecule has 0 radical (unpaired) electrons. The maximum absolute atomic E-state index is 12.3. The summed E-state index contributed by atoms with van der Waals surface area (Å²) in [6, 6.07) is 5.30. The Morgan fingerprint density at radius 2 is 1.96 bits per heavy atom. The first-order chi connectivity index (χ1) is 11.8. The first kappa shape index (κ1) is 19.4. The molecule has 1 saturated carbocycles. The second-order valence-electron chi connectivity index (χ2n) is 8.09. The van der Waals surface area contributed by atoms with E-state index in [1.165, 1.54) is 7.11 Å². The minimum absolute atomic E-state index is 0.0291. The van der Waals surface area contributed by atoms with Gasteiger partial charge in [0.2, 0.25) is 5.91 Å². The van der Waals surface area contributed by atoms with Crippen molar-refractivity contribution >= 4 is 5.91 Å². The number of carbonyl (C=O) groups excluding carboxylic acids is 1. The summed E-state index contributed by atoms with van der Waals surface area (Å²) in [6.07, 6.45) is 9.28. The van der Waals surface area contributed by atoms with Crippen LogP contribution in [-0.4, -0.2) is 24.2 Å². The fourth-order valence-corrected chi connectivity index (χ4v) is 3.18. The summed E-state index contributed by atoms with van der Waals surface area (Å²) in [6.45, 7) is 6.65. The number of phenolic OH excluding ortho intramolecular Hbond substituents is 1. The molecule has 25 heavy (non-hydrogen) atoms. The first-order valence-corrected chi connectivity index (χ1v) is 9.11. The lowest BCUT2D eigenvalue weighted by Gasteiger charge is -2.28. The van der Waals surface area contributed by atoms with Gasteiger partial charge in [0, 0.05) is 6.04 Å². The molecule has 0 aliphatic heterocycles. The fourth-order valence-electron chi connectivity index (χ4n) is 3.18. The molecule has 0 saturated heterocycles. The molecule has 4 nitrogen and oxygen atoms in total. The van der Waals surface area contributed by atoms with E-state index in [9.17, 15) is 9.90 Å². The van der Waals surface area contributed by atoms with Gasteiger partial charge in [0.25, 0.3) is 0 Å². The monoisotopic (exact) mass is 345 g/mol. The van der Waals surface area contributed by atoms with E-state index < -0.39 is 0 Å². The Balaban J connectivity index is 1.80. The molecule has 2 rings (SSSR count). The van der Waals surface area contributed by atoms with Crippen LogP contribution in [0.2, 0.25) is 0 Å². The molecule has 1 aromatic carbocycles. The molecule has 0 bridgehead atoms. The van der Waals surface area contributed by atoms with Crippen molar-refractivity contribution in [2.45, 2.75) is 58.9 Å². The number of methoxy groups -OCH3 is 1. The highest BCUT2D eigenvalue weighted by atomic mass is 16.5. The smallest absolute Gasteiger partial charge is 0.224 e. The molecule has 0 aromatic heterocycles.